The number of carbonyl (C=O) groups is 1. The number of rotatable bonds is 2. The maximum atomic E-state index is 10.8. The second kappa shape index (κ2) is 3.80. The largest absolute Gasteiger partial charge is 0.336 e. The van der Waals surface area contributed by atoms with Crippen LogP contribution in [0.4, 0.5) is 0 Å². The van der Waals surface area contributed by atoms with E-state index in [4.69, 9.17) is 5.73 Å². The van der Waals surface area contributed by atoms with E-state index in [9.17, 15) is 4.79 Å². The quantitative estimate of drug-likeness (QED) is 0.691. The van der Waals surface area contributed by atoms with Gasteiger partial charge in [-0.1, -0.05) is 24.3 Å². The summed E-state index contributed by atoms with van der Waals surface area (Å²) in [6.07, 6.45) is 1.78. The van der Waals surface area contributed by atoms with Gasteiger partial charge in [0.1, 0.15) is 0 Å². The summed E-state index contributed by atoms with van der Waals surface area (Å²) in [4.78, 5) is 12.6. The van der Waals surface area contributed by atoms with Crippen LogP contribution in [0.15, 0.2) is 24.3 Å². The third-order valence-electron chi connectivity index (χ3n) is 2.80. The molecule has 0 bridgehead atoms. The van der Waals surface area contributed by atoms with Crippen LogP contribution in [0.5, 0.6) is 0 Å². The van der Waals surface area contributed by atoms with Crippen LogP contribution in [0.3, 0.4) is 0 Å². The molecular formula is C11H14N2O. The van der Waals surface area contributed by atoms with Gasteiger partial charge in [-0.05, 0) is 17.5 Å². The average Bonchev–Trinajstić information content (AvgIpc) is 2.27. The van der Waals surface area contributed by atoms with E-state index in [2.05, 4.69) is 12.1 Å². The van der Waals surface area contributed by atoms with E-state index in [0.29, 0.717) is 13.1 Å². The standard InChI is InChI=1S/C11H14N2O/c12-6-11-5-9-3-1-2-4-10(9)7-13(11)8-14/h1-4,8,11H,5-7,12H2. The highest BCUT2D eigenvalue weighted by Gasteiger charge is 2.22. The molecule has 0 saturated heterocycles. The molecule has 1 unspecified atom stereocenters. The Morgan fingerprint density at radius 2 is 2.14 bits per heavy atom. The van der Waals surface area contributed by atoms with Crippen molar-refractivity contribution in [3.05, 3.63) is 35.4 Å². The van der Waals surface area contributed by atoms with Gasteiger partial charge in [-0.15, -0.1) is 0 Å². The van der Waals surface area contributed by atoms with Gasteiger partial charge in [-0.3, -0.25) is 4.79 Å². The molecule has 1 heterocycles. The van der Waals surface area contributed by atoms with Crippen LogP contribution in [-0.2, 0) is 17.8 Å². The summed E-state index contributed by atoms with van der Waals surface area (Å²) in [5.41, 5.74) is 8.19. The Kier molecular flexibility index (Phi) is 2.50. The van der Waals surface area contributed by atoms with Gasteiger partial charge in [0.15, 0.2) is 0 Å². The van der Waals surface area contributed by atoms with E-state index in [-0.39, 0.29) is 6.04 Å². The molecule has 0 aliphatic carbocycles. The molecule has 1 amide bonds. The molecule has 3 nitrogen and oxygen atoms in total. The molecule has 3 heteroatoms. The van der Waals surface area contributed by atoms with Gasteiger partial charge in [0.05, 0.1) is 0 Å². The Bertz CT molecular complexity index is 338. The molecule has 0 fully saturated rings. The van der Waals surface area contributed by atoms with Gasteiger partial charge in [0.25, 0.3) is 0 Å². The lowest BCUT2D eigenvalue weighted by molar-refractivity contribution is -0.121. The number of carbonyl (C=O) groups excluding carboxylic acids is 1. The highest BCUT2D eigenvalue weighted by atomic mass is 16.1. The maximum absolute atomic E-state index is 10.8. The summed E-state index contributed by atoms with van der Waals surface area (Å²) in [5, 5.41) is 0. The lowest BCUT2D eigenvalue weighted by Crippen LogP contribution is -2.44. The first-order valence-electron chi connectivity index (χ1n) is 4.83. The van der Waals surface area contributed by atoms with Gasteiger partial charge < -0.3 is 10.6 Å². The number of benzene rings is 1. The highest BCUT2D eigenvalue weighted by molar-refractivity contribution is 5.50. The van der Waals surface area contributed by atoms with Crippen molar-refractivity contribution in [2.24, 2.45) is 5.73 Å². The van der Waals surface area contributed by atoms with Crippen LogP contribution in [0.1, 0.15) is 11.1 Å². The minimum Gasteiger partial charge on any atom is -0.336 e. The SMILES string of the molecule is NCC1Cc2ccccc2CN1C=O. The molecule has 1 aliphatic heterocycles. The summed E-state index contributed by atoms with van der Waals surface area (Å²) >= 11 is 0. The number of amides is 1. The lowest BCUT2D eigenvalue weighted by atomic mass is 9.94. The predicted octanol–water partition coefficient (Wildman–Crippen LogP) is 0.528. The smallest absolute Gasteiger partial charge is 0.210 e. The number of nitrogens with two attached hydrogens (primary N) is 1. The zero-order valence-electron chi connectivity index (χ0n) is 8.02. The Morgan fingerprint density at radius 3 is 2.79 bits per heavy atom. The minimum atomic E-state index is 0.169. The first-order chi connectivity index (χ1) is 6.85. The van der Waals surface area contributed by atoms with Crippen LogP contribution >= 0.6 is 0 Å². The van der Waals surface area contributed by atoms with E-state index < -0.39 is 0 Å². The van der Waals surface area contributed by atoms with Gasteiger partial charge in [0.2, 0.25) is 6.41 Å². The second-order valence-electron chi connectivity index (χ2n) is 3.64. The van der Waals surface area contributed by atoms with Gasteiger partial charge >= 0.3 is 0 Å². The summed E-state index contributed by atoms with van der Waals surface area (Å²) < 4.78 is 0. The molecule has 1 atom stereocenters. The van der Waals surface area contributed by atoms with Gasteiger partial charge in [0, 0.05) is 19.1 Å². The highest BCUT2D eigenvalue weighted by Crippen LogP contribution is 2.21. The van der Waals surface area contributed by atoms with E-state index in [1.165, 1.54) is 11.1 Å². The van der Waals surface area contributed by atoms with E-state index >= 15 is 0 Å². The van der Waals surface area contributed by atoms with Crippen LogP contribution in [0.2, 0.25) is 0 Å². The first-order valence-corrected chi connectivity index (χ1v) is 4.83. The van der Waals surface area contributed by atoms with Crippen LogP contribution in [0.25, 0.3) is 0 Å². The Labute approximate surface area is 83.5 Å². The number of nitrogens with zero attached hydrogens (tertiary/aromatic N) is 1. The van der Waals surface area contributed by atoms with Crippen molar-refractivity contribution in [1.29, 1.82) is 0 Å². The molecule has 0 radical (unpaired) electrons. The fraction of sp³-hybridized carbons (Fsp3) is 0.364. The molecule has 1 aliphatic rings. The molecule has 1 aromatic rings. The van der Waals surface area contributed by atoms with Crippen LogP contribution < -0.4 is 5.73 Å². The number of hydrogen-bond donors (Lipinski definition) is 1. The Morgan fingerprint density at radius 1 is 1.43 bits per heavy atom. The maximum Gasteiger partial charge on any atom is 0.210 e. The molecule has 14 heavy (non-hydrogen) atoms. The summed E-state index contributed by atoms with van der Waals surface area (Å²) in [6, 6.07) is 8.38. The molecule has 2 rings (SSSR count). The van der Waals surface area contributed by atoms with Crippen molar-refractivity contribution >= 4 is 6.41 Å². The number of fused-ring (bicyclic) bond motifs is 1. The molecule has 1 aromatic carbocycles. The molecule has 74 valence electrons. The lowest BCUT2D eigenvalue weighted by Gasteiger charge is -2.33. The van der Waals surface area contributed by atoms with Crippen molar-refractivity contribution in [2.75, 3.05) is 6.54 Å². The van der Waals surface area contributed by atoms with Crippen molar-refractivity contribution in [3.8, 4) is 0 Å². The molecule has 2 N–H and O–H groups in total. The zero-order valence-corrected chi connectivity index (χ0v) is 8.02. The third-order valence-corrected chi connectivity index (χ3v) is 2.80. The predicted molar refractivity (Wildman–Crippen MR) is 54.6 cm³/mol. The minimum absolute atomic E-state index is 0.169. The molecule has 0 spiro atoms. The fourth-order valence-corrected chi connectivity index (χ4v) is 1.95. The Balaban J connectivity index is 2.29. The molecule has 0 aromatic heterocycles. The summed E-state index contributed by atoms with van der Waals surface area (Å²) in [6.45, 7) is 1.23. The van der Waals surface area contributed by atoms with Crippen LogP contribution in [-0.4, -0.2) is 23.9 Å². The van der Waals surface area contributed by atoms with E-state index in [1.54, 1.807) is 4.90 Å². The van der Waals surface area contributed by atoms with E-state index in [1.807, 2.05) is 12.1 Å². The molecular weight excluding hydrogens is 176 g/mol. The monoisotopic (exact) mass is 190 g/mol. The van der Waals surface area contributed by atoms with E-state index in [0.717, 1.165) is 12.8 Å². The van der Waals surface area contributed by atoms with Crippen molar-refractivity contribution in [1.82, 2.24) is 4.90 Å². The topological polar surface area (TPSA) is 46.3 Å². The average molecular weight is 190 g/mol. The zero-order chi connectivity index (χ0) is 9.97. The van der Waals surface area contributed by atoms with Crippen LogP contribution in [0, 0.1) is 0 Å². The Hall–Kier alpha value is -1.35. The van der Waals surface area contributed by atoms with Gasteiger partial charge in [-0.2, -0.15) is 0 Å². The first kappa shape index (κ1) is 9.21. The van der Waals surface area contributed by atoms with Crippen molar-refractivity contribution in [2.45, 2.75) is 19.0 Å². The van der Waals surface area contributed by atoms with Crippen molar-refractivity contribution in [3.63, 3.8) is 0 Å². The number of hydrogen-bond acceptors (Lipinski definition) is 2. The third kappa shape index (κ3) is 1.51. The van der Waals surface area contributed by atoms with Gasteiger partial charge in [-0.25, -0.2) is 0 Å². The molecule has 0 saturated carbocycles. The normalized spacial score (nSPS) is 20.4. The summed E-state index contributed by atoms with van der Waals surface area (Å²) in [7, 11) is 0. The fourth-order valence-electron chi connectivity index (χ4n) is 1.95. The second-order valence-corrected chi connectivity index (χ2v) is 3.64. The van der Waals surface area contributed by atoms with Crippen molar-refractivity contribution < 1.29 is 4.79 Å². The summed E-state index contributed by atoms with van der Waals surface area (Å²) in [5.74, 6) is 0.